The van der Waals surface area contributed by atoms with E-state index in [4.69, 9.17) is 14.7 Å². The fraction of sp³-hybridized carbons (Fsp3) is 0.909. The van der Waals surface area contributed by atoms with Crippen molar-refractivity contribution in [3.05, 3.63) is 0 Å². The molecule has 0 aliphatic carbocycles. The largest absolute Gasteiger partial charge is 0.411 e. The molecule has 15 heavy (non-hydrogen) atoms. The molecule has 0 radical (unpaired) electrons. The molecule has 1 N–H and O–H groups in total. The second kappa shape index (κ2) is 7.65. The topological polar surface area (TPSA) is 51.1 Å². The van der Waals surface area contributed by atoms with Gasteiger partial charge in [0.25, 0.3) is 0 Å². The molecule has 0 amide bonds. The second-order valence-corrected chi connectivity index (χ2v) is 3.93. The Hall–Kier alpha value is -0.610. The summed E-state index contributed by atoms with van der Waals surface area (Å²) in [6, 6.07) is 0. The fourth-order valence-corrected chi connectivity index (χ4v) is 1.79. The van der Waals surface area contributed by atoms with E-state index in [0.717, 1.165) is 12.8 Å². The molecule has 1 fully saturated rings. The van der Waals surface area contributed by atoms with Crippen LogP contribution >= 0.6 is 0 Å². The SMILES string of the molecule is CCCCC[C@@H](/C=N/O)CC1OCCO1. The third-order valence-corrected chi connectivity index (χ3v) is 2.64. The van der Waals surface area contributed by atoms with Gasteiger partial charge in [0.1, 0.15) is 0 Å². The second-order valence-electron chi connectivity index (χ2n) is 3.93. The van der Waals surface area contributed by atoms with Gasteiger partial charge in [0.05, 0.1) is 13.2 Å². The molecular formula is C11H21NO3. The number of hydrogen-bond acceptors (Lipinski definition) is 4. The van der Waals surface area contributed by atoms with Gasteiger partial charge in [-0.1, -0.05) is 26.2 Å². The smallest absolute Gasteiger partial charge is 0.158 e. The minimum atomic E-state index is -0.102. The quantitative estimate of drug-likeness (QED) is 0.307. The van der Waals surface area contributed by atoms with E-state index < -0.39 is 0 Å². The highest BCUT2D eigenvalue weighted by molar-refractivity contribution is 5.59. The minimum absolute atomic E-state index is 0.102. The lowest BCUT2D eigenvalue weighted by Gasteiger charge is -2.15. The Bertz CT molecular complexity index is 179. The first-order valence-electron chi connectivity index (χ1n) is 5.77. The molecule has 1 heterocycles. The van der Waals surface area contributed by atoms with Gasteiger partial charge in [-0.05, 0) is 6.42 Å². The monoisotopic (exact) mass is 215 g/mol. The van der Waals surface area contributed by atoms with Crippen molar-refractivity contribution in [2.24, 2.45) is 11.1 Å². The standard InChI is InChI=1S/C11H21NO3/c1-2-3-4-5-10(9-12-13)8-11-14-6-7-15-11/h9-11,13H,2-8H2,1H3/b12-9+/t10-/m1/s1. The van der Waals surface area contributed by atoms with Crippen molar-refractivity contribution in [1.82, 2.24) is 0 Å². The number of ether oxygens (including phenoxy) is 2. The molecule has 1 atom stereocenters. The molecule has 1 aliphatic heterocycles. The van der Waals surface area contributed by atoms with Gasteiger partial charge in [-0.15, -0.1) is 5.16 Å². The molecule has 0 bridgehead atoms. The first kappa shape index (κ1) is 12.5. The Balaban J connectivity index is 2.22. The van der Waals surface area contributed by atoms with Gasteiger partial charge in [-0.2, -0.15) is 0 Å². The molecule has 4 nitrogen and oxygen atoms in total. The van der Waals surface area contributed by atoms with Crippen LogP contribution in [0, 0.1) is 5.92 Å². The average molecular weight is 215 g/mol. The number of nitrogens with zero attached hydrogens (tertiary/aromatic N) is 1. The Morgan fingerprint density at radius 2 is 2.13 bits per heavy atom. The molecule has 1 saturated heterocycles. The van der Waals surface area contributed by atoms with E-state index in [1.165, 1.54) is 19.3 Å². The minimum Gasteiger partial charge on any atom is -0.411 e. The highest BCUT2D eigenvalue weighted by Crippen LogP contribution is 2.18. The summed E-state index contributed by atoms with van der Waals surface area (Å²) in [5.74, 6) is 0.268. The Morgan fingerprint density at radius 3 is 2.73 bits per heavy atom. The Kier molecular flexibility index (Phi) is 6.36. The molecular weight excluding hydrogens is 194 g/mol. The first-order valence-corrected chi connectivity index (χ1v) is 5.77. The lowest BCUT2D eigenvalue weighted by atomic mass is 9.99. The maximum atomic E-state index is 8.55. The summed E-state index contributed by atoms with van der Waals surface area (Å²) in [6.07, 6.45) is 6.94. The van der Waals surface area contributed by atoms with Gasteiger partial charge in [-0.25, -0.2) is 0 Å². The molecule has 0 spiro atoms. The molecule has 88 valence electrons. The maximum Gasteiger partial charge on any atom is 0.158 e. The van der Waals surface area contributed by atoms with Crippen LogP contribution in [0.5, 0.6) is 0 Å². The van der Waals surface area contributed by atoms with Gasteiger partial charge in [0.15, 0.2) is 6.29 Å². The fourth-order valence-electron chi connectivity index (χ4n) is 1.79. The van der Waals surface area contributed by atoms with Crippen molar-refractivity contribution in [3.63, 3.8) is 0 Å². The summed E-state index contributed by atoms with van der Waals surface area (Å²) < 4.78 is 10.7. The zero-order valence-corrected chi connectivity index (χ0v) is 9.39. The maximum absolute atomic E-state index is 8.55. The van der Waals surface area contributed by atoms with Crippen LogP contribution in [0.15, 0.2) is 5.16 Å². The summed E-state index contributed by atoms with van der Waals surface area (Å²) >= 11 is 0. The average Bonchev–Trinajstić information content (AvgIpc) is 2.71. The number of unbranched alkanes of at least 4 members (excludes halogenated alkanes) is 2. The molecule has 0 unspecified atom stereocenters. The highest BCUT2D eigenvalue weighted by atomic mass is 16.7. The van der Waals surface area contributed by atoms with Crippen LogP contribution in [-0.4, -0.2) is 30.9 Å². The summed E-state index contributed by atoms with van der Waals surface area (Å²) in [4.78, 5) is 0. The van der Waals surface area contributed by atoms with E-state index in [1.54, 1.807) is 6.21 Å². The van der Waals surface area contributed by atoms with Crippen molar-refractivity contribution in [1.29, 1.82) is 0 Å². The van der Waals surface area contributed by atoms with Crippen LogP contribution in [0.25, 0.3) is 0 Å². The van der Waals surface area contributed by atoms with E-state index in [2.05, 4.69) is 12.1 Å². The third kappa shape index (κ3) is 5.14. The zero-order chi connectivity index (χ0) is 10.9. The van der Waals surface area contributed by atoms with E-state index in [9.17, 15) is 0 Å². The lowest BCUT2D eigenvalue weighted by Crippen LogP contribution is -2.15. The summed E-state index contributed by atoms with van der Waals surface area (Å²) in [5, 5.41) is 11.7. The van der Waals surface area contributed by atoms with E-state index in [0.29, 0.717) is 13.2 Å². The lowest BCUT2D eigenvalue weighted by molar-refractivity contribution is -0.0524. The van der Waals surface area contributed by atoms with Gasteiger partial charge in [0, 0.05) is 18.6 Å². The van der Waals surface area contributed by atoms with Crippen LogP contribution in [0.1, 0.15) is 39.0 Å². The normalized spacial score (nSPS) is 20.1. The number of rotatable bonds is 7. The zero-order valence-electron chi connectivity index (χ0n) is 9.39. The van der Waals surface area contributed by atoms with Crippen molar-refractivity contribution >= 4 is 6.21 Å². The molecule has 1 rings (SSSR count). The summed E-state index contributed by atoms with van der Waals surface area (Å²) in [7, 11) is 0. The van der Waals surface area contributed by atoms with Crippen molar-refractivity contribution in [2.45, 2.75) is 45.3 Å². The Morgan fingerprint density at radius 1 is 1.40 bits per heavy atom. The van der Waals surface area contributed by atoms with Crippen LogP contribution in [-0.2, 0) is 9.47 Å². The predicted molar refractivity (Wildman–Crippen MR) is 58.2 cm³/mol. The van der Waals surface area contributed by atoms with Crippen molar-refractivity contribution < 1.29 is 14.7 Å². The summed E-state index contributed by atoms with van der Waals surface area (Å²) in [6.45, 7) is 3.55. The predicted octanol–water partition coefficient (Wildman–Crippen LogP) is 2.41. The van der Waals surface area contributed by atoms with Crippen LogP contribution in [0.4, 0.5) is 0 Å². The van der Waals surface area contributed by atoms with Crippen molar-refractivity contribution in [3.8, 4) is 0 Å². The molecule has 0 aromatic heterocycles. The van der Waals surface area contributed by atoms with E-state index in [-0.39, 0.29) is 12.2 Å². The molecule has 0 aromatic carbocycles. The van der Waals surface area contributed by atoms with Gasteiger partial charge in [0.2, 0.25) is 0 Å². The highest BCUT2D eigenvalue weighted by Gasteiger charge is 2.20. The molecule has 0 aromatic rings. The number of oxime groups is 1. The molecule has 4 heteroatoms. The van der Waals surface area contributed by atoms with E-state index >= 15 is 0 Å². The van der Waals surface area contributed by atoms with E-state index in [1.807, 2.05) is 0 Å². The first-order chi connectivity index (χ1) is 7.36. The van der Waals surface area contributed by atoms with Crippen LogP contribution in [0.3, 0.4) is 0 Å². The number of hydrogen-bond donors (Lipinski definition) is 1. The van der Waals surface area contributed by atoms with Crippen molar-refractivity contribution in [2.75, 3.05) is 13.2 Å². The van der Waals surface area contributed by atoms with Gasteiger partial charge in [-0.3, -0.25) is 0 Å². The van der Waals surface area contributed by atoms with Gasteiger partial charge < -0.3 is 14.7 Å². The summed E-state index contributed by atoms with van der Waals surface area (Å²) in [5.41, 5.74) is 0. The molecule has 1 aliphatic rings. The third-order valence-electron chi connectivity index (χ3n) is 2.64. The Labute approximate surface area is 91.3 Å². The molecule has 0 saturated carbocycles. The van der Waals surface area contributed by atoms with Crippen LogP contribution in [0.2, 0.25) is 0 Å². The van der Waals surface area contributed by atoms with Gasteiger partial charge >= 0.3 is 0 Å². The van der Waals surface area contributed by atoms with Crippen LogP contribution < -0.4 is 0 Å².